The molecule has 1 aromatic carbocycles. The molecule has 2 aliphatic carbocycles. The van der Waals surface area contributed by atoms with Crippen LogP contribution in [0.3, 0.4) is 0 Å². The average Bonchev–Trinajstić information content (AvgIpc) is 3.23. The van der Waals surface area contributed by atoms with Crippen molar-refractivity contribution >= 4 is 17.4 Å². The third-order valence-corrected chi connectivity index (χ3v) is 6.67. The van der Waals surface area contributed by atoms with Gasteiger partial charge >= 0.3 is 0 Å². The smallest absolute Gasteiger partial charge is 0.250 e. The van der Waals surface area contributed by atoms with Crippen molar-refractivity contribution in [3.8, 4) is 5.69 Å². The van der Waals surface area contributed by atoms with Crippen molar-refractivity contribution in [1.82, 2.24) is 9.78 Å². The van der Waals surface area contributed by atoms with Gasteiger partial charge in [0.2, 0.25) is 0 Å². The maximum absolute atomic E-state index is 15.3. The minimum Gasteiger partial charge on any atom is -0.379 e. The van der Waals surface area contributed by atoms with Crippen LogP contribution >= 0.6 is 0 Å². The number of primary amides is 1. The van der Waals surface area contributed by atoms with Crippen molar-refractivity contribution in [3.63, 3.8) is 0 Å². The minimum atomic E-state index is -0.704. The van der Waals surface area contributed by atoms with E-state index in [2.05, 4.69) is 5.32 Å². The van der Waals surface area contributed by atoms with Gasteiger partial charge in [0.05, 0.1) is 35.2 Å². The van der Waals surface area contributed by atoms with Crippen molar-refractivity contribution in [1.29, 1.82) is 0 Å². The molecule has 0 spiro atoms. The Morgan fingerprint density at radius 2 is 2.09 bits per heavy atom. The number of halogens is 1. The second-order valence-corrected chi connectivity index (χ2v) is 10.2. The third-order valence-electron chi connectivity index (χ3n) is 6.67. The molecule has 1 amide bonds. The molecular weight excluding hydrogens is 411 g/mol. The summed E-state index contributed by atoms with van der Waals surface area (Å²) in [6, 6.07) is 2.78. The Morgan fingerprint density at radius 1 is 1.31 bits per heavy atom. The number of aromatic nitrogens is 2. The van der Waals surface area contributed by atoms with Gasteiger partial charge in [-0.3, -0.25) is 9.59 Å². The van der Waals surface area contributed by atoms with Crippen molar-refractivity contribution in [2.45, 2.75) is 58.4 Å². The Morgan fingerprint density at radius 3 is 2.75 bits per heavy atom. The minimum absolute atomic E-state index is 0.0175. The van der Waals surface area contributed by atoms with Crippen LogP contribution in [0, 0.1) is 17.2 Å². The molecular formula is C24H29FN4O3. The highest BCUT2D eigenvalue weighted by atomic mass is 19.1. The molecule has 2 fully saturated rings. The Hall–Kier alpha value is -2.74. The van der Waals surface area contributed by atoms with Gasteiger partial charge in [0.1, 0.15) is 11.5 Å². The highest BCUT2D eigenvalue weighted by molar-refractivity contribution is 6.00. The molecule has 1 aliphatic heterocycles. The first-order valence-electron chi connectivity index (χ1n) is 11.3. The molecule has 2 heterocycles. The van der Waals surface area contributed by atoms with E-state index in [0.717, 1.165) is 37.1 Å². The van der Waals surface area contributed by atoms with Crippen LogP contribution in [0.1, 0.15) is 71.6 Å². The van der Waals surface area contributed by atoms with Gasteiger partial charge in [-0.05, 0) is 55.6 Å². The molecule has 1 saturated heterocycles. The third kappa shape index (κ3) is 3.92. The van der Waals surface area contributed by atoms with E-state index >= 15 is 4.39 Å². The molecule has 1 atom stereocenters. The first-order valence-corrected chi connectivity index (χ1v) is 11.3. The molecule has 1 saturated carbocycles. The van der Waals surface area contributed by atoms with E-state index in [1.807, 2.05) is 13.8 Å². The van der Waals surface area contributed by atoms with Gasteiger partial charge < -0.3 is 15.8 Å². The first-order chi connectivity index (χ1) is 15.2. The molecule has 8 heteroatoms. The molecule has 32 heavy (non-hydrogen) atoms. The molecule has 2 aromatic rings. The van der Waals surface area contributed by atoms with Crippen molar-refractivity contribution in [3.05, 3.63) is 40.5 Å². The summed E-state index contributed by atoms with van der Waals surface area (Å²) in [6.45, 7) is 5.24. The molecule has 3 N–H and O–H groups in total. The highest BCUT2D eigenvalue weighted by Gasteiger charge is 2.38. The standard InChI is InChI=1S/C24H29FN4O3/c1-24(2)10-20-22(21(30)11-24)18(7-13-3-4-13)28-29(20)19-9-17(27-14-5-6-32-12-14)15(23(26)31)8-16(19)25/h8-9,13-14,27H,3-7,10-12H2,1-2H3,(H2,26,31)/t14-/m1/s1. The molecule has 3 aliphatic rings. The van der Waals surface area contributed by atoms with Gasteiger partial charge in [-0.25, -0.2) is 9.07 Å². The maximum Gasteiger partial charge on any atom is 0.250 e. The predicted octanol–water partition coefficient (Wildman–Crippen LogP) is 3.42. The van der Waals surface area contributed by atoms with Crippen LogP contribution < -0.4 is 11.1 Å². The topological polar surface area (TPSA) is 99.2 Å². The number of nitrogens with one attached hydrogen (secondary N) is 1. The Labute approximate surface area is 186 Å². The van der Waals surface area contributed by atoms with Crippen molar-refractivity contribution < 1.29 is 18.7 Å². The number of rotatable bonds is 6. The number of hydrogen-bond donors (Lipinski definition) is 2. The van der Waals surface area contributed by atoms with E-state index in [9.17, 15) is 9.59 Å². The van der Waals surface area contributed by atoms with Gasteiger partial charge in [0.25, 0.3) is 5.91 Å². The van der Waals surface area contributed by atoms with E-state index in [1.165, 1.54) is 6.07 Å². The summed E-state index contributed by atoms with van der Waals surface area (Å²) in [4.78, 5) is 25.1. The summed E-state index contributed by atoms with van der Waals surface area (Å²) in [6.07, 6.45) is 4.90. The number of fused-ring (bicyclic) bond motifs is 1. The zero-order valence-corrected chi connectivity index (χ0v) is 18.5. The maximum atomic E-state index is 15.3. The normalized spacial score (nSPS) is 22.1. The molecule has 0 bridgehead atoms. The fraction of sp³-hybridized carbons (Fsp3) is 0.542. The van der Waals surface area contributed by atoms with Crippen LogP contribution in [0.2, 0.25) is 0 Å². The lowest BCUT2D eigenvalue weighted by Crippen LogP contribution is -2.28. The predicted molar refractivity (Wildman–Crippen MR) is 118 cm³/mol. The summed E-state index contributed by atoms with van der Waals surface area (Å²) < 4.78 is 22.3. The fourth-order valence-corrected chi connectivity index (χ4v) is 4.88. The van der Waals surface area contributed by atoms with Crippen LogP contribution in [-0.4, -0.2) is 40.7 Å². The van der Waals surface area contributed by atoms with E-state index in [1.54, 1.807) is 10.7 Å². The number of carbonyl (C=O) groups is 2. The summed E-state index contributed by atoms with van der Waals surface area (Å²) in [5.41, 5.74) is 8.25. The van der Waals surface area contributed by atoms with Crippen LogP contribution in [0.4, 0.5) is 10.1 Å². The lowest BCUT2D eigenvalue weighted by molar-refractivity contribution is 0.0909. The number of carbonyl (C=O) groups excluding carboxylic acids is 2. The average molecular weight is 441 g/mol. The van der Waals surface area contributed by atoms with Gasteiger partial charge in [-0.1, -0.05) is 13.8 Å². The number of Topliss-reactive ketones (excluding diaryl/α,β-unsaturated/α-hetero) is 1. The number of hydrogen-bond acceptors (Lipinski definition) is 5. The number of amides is 1. The zero-order chi connectivity index (χ0) is 22.6. The lowest BCUT2D eigenvalue weighted by Gasteiger charge is -2.29. The largest absolute Gasteiger partial charge is 0.379 e. The SMILES string of the molecule is CC1(C)CC(=O)c2c(CC3CC3)nn(-c3cc(N[C@@H]4CCOC4)c(C(N)=O)cc3F)c2C1. The first kappa shape index (κ1) is 21.1. The number of benzene rings is 1. The molecule has 7 nitrogen and oxygen atoms in total. The van der Waals surface area contributed by atoms with E-state index in [-0.39, 0.29) is 28.5 Å². The summed E-state index contributed by atoms with van der Waals surface area (Å²) in [5, 5.41) is 8.04. The number of nitrogens with zero attached hydrogens (tertiary/aromatic N) is 2. The number of nitrogens with two attached hydrogens (primary N) is 1. The molecule has 0 unspecified atom stereocenters. The Balaban J connectivity index is 1.63. The van der Waals surface area contributed by atoms with Crippen molar-refractivity contribution in [2.75, 3.05) is 18.5 Å². The van der Waals surface area contributed by atoms with Crippen LogP contribution in [0.5, 0.6) is 0 Å². The monoisotopic (exact) mass is 440 g/mol. The van der Waals surface area contributed by atoms with Gasteiger partial charge in [-0.2, -0.15) is 5.10 Å². The number of ether oxygens (including phenoxy) is 1. The zero-order valence-electron chi connectivity index (χ0n) is 18.5. The Kier molecular flexibility index (Phi) is 5.08. The summed E-state index contributed by atoms with van der Waals surface area (Å²) >= 11 is 0. The second-order valence-electron chi connectivity index (χ2n) is 10.2. The summed E-state index contributed by atoms with van der Waals surface area (Å²) in [5.74, 6) is -0.670. The number of anilines is 1. The lowest BCUT2D eigenvalue weighted by atomic mass is 9.75. The quantitative estimate of drug-likeness (QED) is 0.717. The van der Waals surface area contributed by atoms with Crippen LogP contribution in [0.25, 0.3) is 5.69 Å². The molecule has 1 aromatic heterocycles. The molecule has 5 rings (SSSR count). The molecule has 170 valence electrons. The van der Waals surface area contributed by atoms with Crippen LogP contribution in [-0.2, 0) is 17.6 Å². The van der Waals surface area contributed by atoms with E-state index in [4.69, 9.17) is 15.6 Å². The van der Waals surface area contributed by atoms with E-state index in [0.29, 0.717) is 43.2 Å². The number of ketones is 1. The van der Waals surface area contributed by atoms with E-state index < -0.39 is 11.7 Å². The van der Waals surface area contributed by atoms with Gasteiger partial charge in [0.15, 0.2) is 5.78 Å². The van der Waals surface area contributed by atoms with Gasteiger partial charge in [0, 0.05) is 18.7 Å². The highest BCUT2D eigenvalue weighted by Crippen LogP contribution is 2.40. The van der Waals surface area contributed by atoms with Crippen molar-refractivity contribution in [2.24, 2.45) is 17.1 Å². The van der Waals surface area contributed by atoms with Gasteiger partial charge in [-0.15, -0.1) is 0 Å². The summed E-state index contributed by atoms with van der Waals surface area (Å²) in [7, 11) is 0. The van der Waals surface area contributed by atoms with Crippen LogP contribution in [0.15, 0.2) is 12.1 Å². The molecule has 0 radical (unpaired) electrons. The Bertz CT molecular complexity index is 1100. The second kappa shape index (κ2) is 7.69. The fourth-order valence-electron chi connectivity index (χ4n) is 4.88.